The van der Waals surface area contributed by atoms with Crippen LogP contribution in [0.3, 0.4) is 0 Å². The second-order valence-electron chi connectivity index (χ2n) is 5.33. The SMILES string of the molecule is Cc1cc(NC(=O)[C@@H](C)N2CCN(c3nccs3)CC2)no1. The first kappa shape index (κ1) is 15.0. The third-order valence-electron chi connectivity index (χ3n) is 3.81. The van der Waals surface area contributed by atoms with Gasteiger partial charge in [-0.25, -0.2) is 4.98 Å². The molecule has 1 amide bonds. The van der Waals surface area contributed by atoms with E-state index >= 15 is 0 Å². The summed E-state index contributed by atoms with van der Waals surface area (Å²) < 4.78 is 4.96. The lowest BCUT2D eigenvalue weighted by atomic mass is 10.2. The molecule has 0 aromatic carbocycles. The first-order chi connectivity index (χ1) is 10.6. The van der Waals surface area contributed by atoms with Gasteiger partial charge in [0.05, 0.1) is 6.04 Å². The summed E-state index contributed by atoms with van der Waals surface area (Å²) in [6, 6.07) is 1.51. The Morgan fingerprint density at radius 3 is 2.77 bits per heavy atom. The molecule has 1 fully saturated rings. The van der Waals surface area contributed by atoms with Crippen LogP contribution in [0.1, 0.15) is 12.7 Å². The number of thiazole rings is 1. The lowest BCUT2D eigenvalue weighted by Gasteiger charge is -2.37. The number of hydrogen-bond acceptors (Lipinski definition) is 7. The van der Waals surface area contributed by atoms with Crippen molar-refractivity contribution >= 4 is 28.2 Å². The molecule has 7 nitrogen and oxygen atoms in total. The Hall–Kier alpha value is -1.93. The first-order valence-electron chi connectivity index (χ1n) is 7.26. The van der Waals surface area contributed by atoms with Crippen molar-refractivity contribution in [3.05, 3.63) is 23.4 Å². The number of rotatable bonds is 4. The van der Waals surface area contributed by atoms with Crippen molar-refractivity contribution in [1.82, 2.24) is 15.0 Å². The highest BCUT2D eigenvalue weighted by molar-refractivity contribution is 7.13. The van der Waals surface area contributed by atoms with Crippen molar-refractivity contribution < 1.29 is 9.32 Å². The first-order valence-corrected chi connectivity index (χ1v) is 8.14. The fourth-order valence-electron chi connectivity index (χ4n) is 2.49. The van der Waals surface area contributed by atoms with Crippen molar-refractivity contribution in [3.8, 4) is 0 Å². The van der Waals surface area contributed by atoms with Crippen LogP contribution >= 0.6 is 11.3 Å². The highest BCUT2D eigenvalue weighted by Crippen LogP contribution is 2.19. The fourth-order valence-corrected chi connectivity index (χ4v) is 3.19. The van der Waals surface area contributed by atoms with E-state index in [0.29, 0.717) is 11.6 Å². The zero-order chi connectivity index (χ0) is 15.5. The van der Waals surface area contributed by atoms with E-state index in [1.54, 1.807) is 24.3 Å². The van der Waals surface area contributed by atoms with Crippen LogP contribution < -0.4 is 10.2 Å². The number of anilines is 2. The highest BCUT2D eigenvalue weighted by atomic mass is 32.1. The number of aryl methyl sites for hydroxylation is 1. The molecule has 22 heavy (non-hydrogen) atoms. The Labute approximate surface area is 132 Å². The van der Waals surface area contributed by atoms with E-state index in [9.17, 15) is 4.79 Å². The predicted molar refractivity (Wildman–Crippen MR) is 85.2 cm³/mol. The number of nitrogens with zero attached hydrogens (tertiary/aromatic N) is 4. The van der Waals surface area contributed by atoms with E-state index in [1.807, 2.05) is 18.5 Å². The Balaban J connectivity index is 1.53. The second-order valence-corrected chi connectivity index (χ2v) is 6.20. The Morgan fingerprint density at radius 2 is 2.18 bits per heavy atom. The van der Waals surface area contributed by atoms with Gasteiger partial charge in [0.15, 0.2) is 10.9 Å². The number of piperazine rings is 1. The van der Waals surface area contributed by atoms with Gasteiger partial charge in [0.2, 0.25) is 5.91 Å². The van der Waals surface area contributed by atoms with Gasteiger partial charge in [0.25, 0.3) is 0 Å². The lowest BCUT2D eigenvalue weighted by Crippen LogP contribution is -2.52. The normalized spacial score (nSPS) is 17.5. The van der Waals surface area contributed by atoms with E-state index in [0.717, 1.165) is 31.3 Å². The van der Waals surface area contributed by atoms with E-state index < -0.39 is 0 Å². The molecule has 0 aliphatic carbocycles. The molecular weight excluding hydrogens is 302 g/mol. The van der Waals surface area contributed by atoms with Crippen LogP contribution in [0.4, 0.5) is 10.9 Å². The molecule has 1 atom stereocenters. The van der Waals surface area contributed by atoms with Gasteiger partial charge in [-0.15, -0.1) is 11.3 Å². The number of nitrogens with one attached hydrogen (secondary N) is 1. The van der Waals surface area contributed by atoms with Gasteiger partial charge < -0.3 is 14.7 Å². The maximum Gasteiger partial charge on any atom is 0.242 e. The zero-order valence-electron chi connectivity index (χ0n) is 12.7. The summed E-state index contributed by atoms with van der Waals surface area (Å²) in [4.78, 5) is 21.0. The monoisotopic (exact) mass is 321 g/mol. The molecule has 2 aromatic heterocycles. The number of carbonyl (C=O) groups is 1. The molecule has 0 saturated carbocycles. The summed E-state index contributed by atoms with van der Waals surface area (Å²) in [6.07, 6.45) is 1.82. The molecule has 0 spiro atoms. The fraction of sp³-hybridized carbons (Fsp3) is 0.500. The zero-order valence-corrected chi connectivity index (χ0v) is 13.5. The van der Waals surface area contributed by atoms with Crippen LogP contribution in [0.15, 0.2) is 22.2 Å². The maximum absolute atomic E-state index is 12.3. The van der Waals surface area contributed by atoms with Crippen molar-refractivity contribution in [2.45, 2.75) is 19.9 Å². The third-order valence-corrected chi connectivity index (χ3v) is 4.64. The van der Waals surface area contributed by atoms with Gasteiger partial charge >= 0.3 is 0 Å². The number of carbonyl (C=O) groups excluding carboxylic acids is 1. The molecule has 1 N–H and O–H groups in total. The molecule has 0 unspecified atom stereocenters. The van der Waals surface area contributed by atoms with Crippen LogP contribution in [0, 0.1) is 6.92 Å². The lowest BCUT2D eigenvalue weighted by molar-refractivity contribution is -0.120. The third kappa shape index (κ3) is 3.28. The average molecular weight is 321 g/mol. The minimum absolute atomic E-state index is 0.0593. The molecule has 8 heteroatoms. The van der Waals surface area contributed by atoms with Crippen LogP contribution in [0.2, 0.25) is 0 Å². The van der Waals surface area contributed by atoms with Crippen molar-refractivity contribution in [3.63, 3.8) is 0 Å². The van der Waals surface area contributed by atoms with Crippen LogP contribution in [-0.2, 0) is 4.79 Å². The number of aromatic nitrogens is 2. The van der Waals surface area contributed by atoms with Crippen LogP contribution in [-0.4, -0.2) is 53.2 Å². The molecule has 3 heterocycles. The van der Waals surface area contributed by atoms with Gasteiger partial charge in [-0.05, 0) is 13.8 Å². The Kier molecular flexibility index (Phi) is 4.39. The van der Waals surface area contributed by atoms with Gasteiger partial charge in [-0.3, -0.25) is 9.69 Å². The molecule has 1 aliphatic heterocycles. The summed E-state index contributed by atoms with van der Waals surface area (Å²) in [5.74, 6) is 1.09. The highest BCUT2D eigenvalue weighted by Gasteiger charge is 2.26. The average Bonchev–Trinajstić information content (AvgIpc) is 3.18. The topological polar surface area (TPSA) is 74.5 Å². The molecule has 0 bridgehead atoms. The van der Waals surface area contributed by atoms with E-state index in [1.165, 1.54) is 0 Å². The van der Waals surface area contributed by atoms with Gasteiger partial charge in [0.1, 0.15) is 5.76 Å². The van der Waals surface area contributed by atoms with E-state index in [4.69, 9.17) is 4.52 Å². The summed E-state index contributed by atoms with van der Waals surface area (Å²) in [5, 5.41) is 9.61. The van der Waals surface area contributed by atoms with E-state index in [2.05, 4.69) is 25.3 Å². The maximum atomic E-state index is 12.3. The summed E-state index contributed by atoms with van der Waals surface area (Å²) >= 11 is 1.65. The summed E-state index contributed by atoms with van der Waals surface area (Å²) in [6.45, 7) is 7.16. The molecular formula is C14H19N5O2S. The quantitative estimate of drug-likeness (QED) is 0.922. The largest absolute Gasteiger partial charge is 0.360 e. The summed E-state index contributed by atoms with van der Waals surface area (Å²) in [7, 11) is 0. The van der Waals surface area contributed by atoms with Crippen LogP contribution in [0.5, 0.6) is 0 Å². The summed E-state index contributed by atoms with van der Waals surface area (Å²) in [5.41, 5.74) is 0. The van der Waals surface area contributed by atoms with Crippen molar-refractivity contribution in [2.24, 2.45) is 0 Å². The molecule has 3 rings (SSSR count). The minimum Gasteiger partial charge on any atom is -0.360 e. The smallest absolute Gasteiger partial charge is 0.242 e. The standard InChI is InChI=1S/C14H19N5O2S/c1-10-9-12(17-21-10)16-13(20)11(2)18-4-6-19(7-5-18)14-15-3-8-22-14/h3,8-9,11H,4-7H2,1-2H3,(H,16,17,20)/t11-/m1/s1. The molecule has 1 saturated heterocycles. The van der Waals surface area contributed by atoms with E-state index in [-0.39, 0.29) is 11.9 Å². The molecule has 2 aromatic rings. The minimum atomic E-state index is -0.199. The predicted octanol–water partition coefficient (Wildman–Crippen LogP) is 1.59. The Morgan fingerprint density at radius 1 is 1.41 bits per heavy atom. The molecule has 118 valence electrons. The Bertz CT molecular complexity index is 619. The second kappa shape index (κ2) is 6.45. The number of hydrogen-bond donors (Lipinski definition) is 1. The molecule has 0 radical (unpaired) electrons. The van der Waals surface area contributed by atoms with Gasteiger partial charge in [-0.2, -0.15) is 0 Å². The van der Waals surface area contributed by atoms with Crippen molar-refractivity contribution in [1.29, 1.82) is 0 Å². The van der Waals surface area contributed by atoms with Crippen LogP contribution in [0.25, 0.3) is 0 Å². The van der Waals surface area contributed by atoms with Gasteiger partial charge in [0, 0.05) is 43.8 Å². The number of amides is 1. The van der Waals surface area contributed by atoms with Crippen molar-refractivity contribution in [2.75, 3.05) is 36.4 Å². The molecule has 1 aliphatic rings. The van der Waals surface area contributed by atoms with Gasteiger partial charge in [-0.1, -0.05) is 5.16 Å².